The first-order valence-electron chi connectivity index (χ1n) is 4.64. The standard InChI is InChI=1S/C11H16ClNO/c1-8-7-9(12)3-4-10(8)11(2,13)5-6-14/h3-4,7,14H,5-6,13H2,1-2H3. The van der Waals surface area contributed by atoms with Gasteiger partial charge in [-0.05, 0) is 43.5 Å². The van der Waals surface area contributed by atoms with Crippen molar-refractivity contribution >= 4 is 11.6 Å². The average molecular weight is 214 g/mol. The Balaban J connectivity index is 3.06. The predicted molar refractivity (Wildman–Crippen MR) is 59.4 cm³/mol. The molecule has 0 spiro atoms. The minimum atomic E-state index is -0.483. The highest BCUT2D eigenvalue weighted by molar-refractivity contribution is 6.30. The van der Waals surface area contributed by atoms with Gasteiger partial charge in [0.1, 0.15) is 0 Å². The van der Waals surface area contributed by atoms with Gasteiger partial charge in [-0.3, -0.25) is 0 Å². The molecule has 0 aliphatic carbocycles. The molecule has 0 aliphatic heterocycles. The van der Waals surface area contributed by atoms with Gasteiger partial charge in [-0.25, -0.2) is 0 Å². The van der Waals surface area contributed by atoms with Crippen LogP contribution in [0.4, 0.5) is 0 Å². The molecule has 1 aromatic carbocycles. The number of hydrogen-bond donors (Lipinski definition) is 2. The van der Waals surface area contributed by atoms with Crippen LogP contribution < -0.4 is 5.73 Å². The van der Waals surface area contributed by atoms with Gasteiger partial charge in [0.25, 0.3) is 0 Å². The summed E-state index contributed by atoms with van der Waals surface area (Å²) in [7, 11) is 0. The van der Waals surface area contributed by atoms with Gasteiger partial charge in [0.15, 0.2) is 0 Å². The van der Waals surface area contributed by atoms with Crippen LogP contribution in [0.5, 0.6) is 0 Å². The van der Waals surface area contributed by atoms with E-state index in [2.05, 4.69) is 0 Å². The van der Waals surface area contributed by atoms with Crippen molar-refractivity contribution in [1.82, 2.24) is 0 Å². The first-order valence-corrected chi connectivity index (χ1v) is 5.01. The molecule has 0 saturated heterocycles. The quantitative estimate of drug-likeness (QED) is 0.809. The molecule has 1 atom stereocenters. The third-order valence-electron chi connectivity index (χ3n) is 2.43. The molecular formula is C11H16ClNO. The largest absolute Gasteiger partial charge is 0.396 e. The summed E-state index contributed by atoms with van der Waals surface area (Å²) in [6, 6.07) is 5.64. The number of benzene rings is 1. The monoisotopic (exact) mass is 213 g/mol. The minimum Gasteiger partial charge on any atom is -0.396 e. The van der Waals surface area contributed by atoms with E-state index in [4.69, 9.17) is 22.4 Å². The summed E-state index contributed by atoms with van der Waals surface area (Å²) in [5, 5.41) is 9.62. The highest BCUT2D eigenvalue weighted by atomic mass is 35.5. The van der Waals surface area contributed by atoms with E-state index in [0.29, 0.717) is 11.4 Å². The van der Waals surface area contributed by atoms with Crippen LogP contribution in [-0.2, 0) is 5.54 Å². The molecule has 1 aromatic rings. The molecule has 0 bridgehead atoms. The van der Waals surface area contributed by atoms with Gasteiger partial charge in [0, 0.05) is 17.2 Å². The molecule has 1 rings (SSSR count). The Bertz CT molecular complexity index is 323. The Morgan fingerprint density at radius 3 is 2.64 bits per heavy atom. The van der Waals surface area contributed by atoms with Gasteiger partial charge in [-0.2, -0.15) is 0 Å². The second kappa shape index (κ2) is 4.30. The number of aliphatic hydroxyl groups is 1. The van der Waals surface area contributed by atoms with Gasteiger partial charge in [0.05, 0.1) is 0 Å². The number of nitrogens with two attached hydrogens (primary N) is 1. The second-order valence-corrected chi connectivity index (χ2v) is 4.29. The summed E-state index contributed by atoms with van der Waals surface area (Å²) >= 11 is 5.85. The first kappa shape index (κ1) is 11.5. The molecule has 0 aromatic heterocycles. The Hall–Kier alpha value is -0.570. The summed E-state index contributed by atoms with van der Waals surface area (Å²) in [6.07, 6.45) is 0.551. The molecule has 78 valence electrons. The van der Waals surface area contributed by atoms with Crippen LogP contribution in [0.2, 0.25) is 5.02 Å². The van der Waals surface area contributed by atoms with Crippen LogP contribution in [0.3, 0.4) is 0 Å². The fraction of sp³-hybridized carbons (Fsp3) is 0.455. The Morgan fingerprint density at radius 1 is 1.50 bits per heavy atom. The summed E-state index contributed by atoms with van der Waals surface area (Å²) in [4.78, 5) is 0. The van der Waals surface area contributed by atoms with Crippen molar-refractivity contribution in [3.8, 4) is 0 Å². The highest BCUT2D eigenvalue weighted by Crippen LogP contribution is 2.26. The Kier molecular flexibility index (Phi) is 3.53. The predicted octanol–water partition coefficient (Wildman–Crippen LogP) is 2.20. The van der Waals surface area contributed by atoms with Crippen LogP contribution >= 0.6 is 11.6 Å². The Labute approximate surface area is 89.7 Å². The maximum Gasteiger partial charge on any atom is 0.0451 e. The minimum absolute atomic E-state index is 0.0923. The van der Waals surface area contributed by atoms with E-state index in [9.17, 15) is 0 Å². The molecule has 0 aliphatic rings. The molecule has 3 heteroatoms. The molecule has 0 radical (unpaired) electrons. The lowest BCUT2D eigenvalue weighted by Gasteiger charge is -2.26. The number of aliphatic hydroxyl groups excluding tert-OH is 1. The molecule has 1 unspecified atom stereocenters. The average Bonchev–Trinajstić information content (AvgIpc) is 2.02. The maximum atomic E-state index is 8.90. The molecule has 0 amide bonds. The van der Waals surface area contributed by atoms with Crippen molar-refractivity contribution in [1.29, 1.82) is 0 Å². The topological polar surface area (TPSA) is 46.2 Å². The van der Waals surface area contributed by atoms with Crippen molar-refractivity contribution in [3.63, 3.8) is 0 Å². The lowest BCUT2D eigenvalue weighted by atomic mass is 9.87. The second-order valence-electron chi connectivity index (χ2n) is 3.85. The van der Waals surface area contributed by atoms with Gasteiger partial charge < -0.3 is 10.8 Å². The van der Waals surface area contributed by atoms with Crippen LogP contribution in [0.1, 0.15) is 24.5 Å². The third-order valence-corrected chi connectivity index (χ3v) is 2.67. The number of hydrogen-bond acceptors (Lipinski definition) is 2. The SMILES string of the molecule is Cc1cc(Cl)ccc1C(C)(N)CCO. The van der Waals surface area contributed by atoms with E-state index in [0.717, 1.165) is 11.1 Å². The summed E-state index contributed by atoms with van der Waals surface area (Å²) in [5.74, 6) is 0. The highest BCUT2D eigenvalue weighted by Gasteiger charge is 2.22. The molecule has 0 fully saturated rings. The van der Waals surface area contributed by atoms with Crippen molar-refractivity contribution in [2.45, 2.75) is 25.8 Å². The van der Waals surface area contributed by atoms with Crippen LogP contribution in [0.15, 0.2) is 18.2 Å². The molecule has 3 N–H and O–H groups in total. The van der Waals surface area contributed by atoms with Gasteiger partial charge in [-0.1, -0.05) is 17.7 Å². The first-order chi connectivity index (χ1) is 6.47. The third kappa shape index (κ3) is 2.47. The molecule has 0 heterocycles. The zero-order chi connectivity index (χ0) is 10.8. The van der Waals surface area contributed by atoms with Gasteiger partial charge in [-0.15, -0.1) is 0 Å². The Morgan fingerprint density at radius 2 is 2.14 bits per heavy atom. The summed E-state index contributed by atoms with van der Waals surface area (Å²) in [6.45, 7) is 3.98. The smallest absolute Gasteiger partial charge is 0.0451 e. The molecule has 14 heavy (non-hydrogen) atoms. The summed E-state index contributed by atoms with van der Waals surface area (Å²) in [5.41, 5.74) is 7.72. The van der Waals surface area contributed by atoms with Crippen molar-refractivity contribution in [2.75, 3.05) is 6.61 Å². The van der Waals surface area contributed by atoms with E-state index in [1.807, 2.05) is 32.0 Å². The van der Waals surface area contributed by atoms with Crippen LogP contribution in [-0.4, -0.2) is 11.7 Å². The van der Waals surface area contributed by atoms with E-state index in [1.54, 1.807) is 0 Å². The number of halogens is 1. The fourth-order valence-electron chi connectivity index (χ4n) is 1.63. The lowest BCUT2D eigenvalue weighted by Crippen LogP contribution is -2.34. The summed E-state index contributed by atoms with van der Waals surface area (Å²) < 4.78 is 0. The van der Waals surface area contributed by atoms with E-state index in [-0.39, 0.29) is 6.61 Å². The van der Waals surface area contributed by atoms with Crippen LogP contribution in [0, 0.1) is 6.92 Å². The molecular weight excluding hydrogens is 198 g/mol. The van der Waals surface area contributed by atoms with Gasteiger partial charge in [0.2, 0.25) is 0 Å². The van der Waals surface area contributed by atoms with Gasteiger partial charge >= 0.3 is 0 Å². The zero-order valence-corrected chi connectivity index (χ0v) is 9.30. The van der Waals surface area contributed by atoms with E-state index in [1.165, 1.54) is 0 Å². The number of rotatable bonds is 3. The van der Waals surface area contributed by atoms with Crippen LogP contribution in [0.25, 0.3) is 0 Å². The fourth-order valence-corrected chi connectivity index (χ4v) is 1.86. The zero-order valence-electron chi connectivity index (χ0n) is 8.55. The molecule has 2 nitrogen and oxygen atoms in total. The maximum absolute atomic E-state index is 8.90. The van der Waals surface area contributed by atoms with Crippen molar-refractivity contribution in [2.24, 2.45) is 5.73 Å². The van der Waals surface area contributed by atoms with Crippen molar-refractivity contribution < 1.29 is 5.11 Å². The van der Waals surface area contributed by atoms with E-state index >= 15 is 0 Å². The number of aryl methyl sites for hydroxylation is 1. The normalized spacial score (nSPS) is 15.2. The van der Waals surface area contributed by atoms with E-state index < -0.39 is 5.54 Å². The lowest BCUT2D eigenvalue weighted by molar-refractivity contribution is 0.247. The van der Waals surface area contributed by atoms with Crippen molar-refractivity contribution in [3.05, 3.63) is 34.3 Å². The molecule has 0 saturated carbocycles.